The topological polar surface area (TPSA) is 79.3 Å². The number of carbonyl (C=O) groups is 2. The molecule has 0 fully saturated rings. The lowest BCUT2D eigenvalue weighted by Crippen LogP contribution is -2.40. The minimum atomic E-state index is -0.546. The third kappa shape index (κ3) is 8.54. The van der Waals surface area contributed by atoms with Crippen LogP contribution in [0, 0.1) is 11.6 Å². The second-order valence-corrected chi connectivity index (χ2v) is 12.3. The van der Waals surface area contributed by atoms with E-state index in [2.05, 4.69) is 0 Å². The molecule has 2 aromatic carbocycles. The molecule has 2 aromatic rings. The second-order valence-electron chi connectivity index (χ2n) is 12.0. The zero-order chi connectivity index (χ0) is 29.8. The van der Waals surface area contributed by atoms with Crippen molar-refractivity contribution in [2.45, 2.75) is 91.2 Å². The van der Waals surface area contributed by atoms with Crippen molar-refractivity contribution < 1.29 is 33.0 Å². The van der Waals surface area contributed by atoms with Gasteiger partial charge in [0.2, 0.25) is 0 Å². The van der Waals surface area contributed by atoms with Crippen LogP contribution in [0.15, 0.2) is 24.3 Å². The van der Waals surface area contributed by atoms with Crippen LogP contribution >= 0.6 is 11.6 Å². The highest BCUT2D eigenvalue weighted by atomic mass is 35.5. The predicted molar refractivity (Wildman–Crippen MR) is 149 cm³/mol. The maximum absolute atomic E-state index is 13.5. The van der Waals surface area contributed by atoms with Gasteiger partial charge in [0, 0.05) is 32.1 Å². The molecule has 0 unspecified atom stereocenters. The Morgan fingerprint density at radius 1 is 0.800 bits per heavy atom. The first kappa shape index (κ1) is 31.6. The molecule has 0 aliphatic carbocycles. The number of hydrogen-bond donors (Lipinski definition) is 1. The van der Waals surface area contributed by atoms with Crippen LogP contribution in [0.4, 0.5) is 18.4 Å². The van der Waals surface area contributed by atoms with Gasteiger partial charge in [-0.05, 0) is 112 Å². The minimum absolute atomic E-state index is 0.188. The molecule has 220 valence electrons. The van der Waals surface area contributed by atoms with Gasteiger partial charge in [-0.3, -0.25) is 0 Å². The van der Waals surface area contributed by atoms with Gasteiger partial charge >= 0.3 is 12.2 Å². The number of hydrogen-bond acceptors (Lipinski definition) is 5. The van der Waals surface area contributed by atoms with Crippen LogP contribution in [-0.2, 0) is 47.9 Å². The molecule has 10 heteroatoms. The molecule has 40 heavy (non-hydrogen) atoms. The number of ether oxygens (including phenoxy) is 2. The monoisotopic (exact) mass is 580 g/mol. The van der Waals surface area contributed by atoms with Crippen molar-refractivity contribution in [3.05, 3.63) is 69.3 Å². The van der Waals surface area contributed by atoms with E-state index >= 15 is 0 Å². The normalized spacial score (nSPS) is 14.9. The van der Waals surface area contributed by atoms with Crippen LogP contribution in [0.5, 0.6) is 0 Å². The average molecular weight is 581 g/mol. The first-order valence-corrected chi connectivity index (χ1v) is 13.9. The summed E-state index contributed by atoms with van der Waals surface area (Å²) in [5.74, 6) is -0.420. The second kappa shape index (κ2) is 12.7. The van der Waals surface area contributed by atoms with Crippen molar-refractivity contribution in [3.63, 3.8) is 0 Å². The van der Waals surface area contributed by atoms with Crippen molar-refractivity contribution >= 4 is 23.8 Å². The number of carbonyl (C=O) groups excluding carboxylic acids is 2. The number of rotatable bonds is 2. The summed E-state index contributed by atoms with van der Waals surface area (Å²) in [5.41, 5.74) is 3.89. The summed E-state index contributed by atoms with van der Waals surface area (Å²) in [4.78, 5) is 27.2. The smallest absolute Gasteiger partial charge is 0.410 e. The van der Waals surface area contributed by atoms with Gasteiger partial charge in [-0.15, -0.1) is 11.6 Å². The molecule has 0 spiro atoms. The van der Waals surface area contributed by atoms with Gasteiger partial charge in [0.15, 0.2) is 0 Å². The zero-order valence-corrected chi connectivity index (χ0v) is 24.8. The van der Waals surface area contributed by atoms with Crippen LogP contribution in [0.2, 0.25) is 0 Å². The Morgan fingerprint density at radius 3 is 1.57 bits per heavy atom. The Kier molecular flexibility index (Phi) is 10.1. The molecule has 0 atom stereocenters. The standard InChI is InChI=1S/C15H19ClFNO2.C15H20FNO3/c1-15(2,3)20-14(19)18-5-4-13-10(8-16)6-12(17)7-11(13)9-18;1-15(2,3)20-14(19)17-5-4-13-10(8-17)6-12(16)7-11(13)9-18/h6-7H,4-5,8-9H2,1-3H3;6-7,18H,4-5,8-9H2,1-3H3. The Hall–Kier alpha value is -2.91. The van der Waals surface area contributed by atoms with Gasteiger partial charge in [0.1, 0.15) is 22.8 Å². The van der Waals surface area contributed by atoms with Gasteiger partial charge < -0.3 is 24.4 Å². The quantitative estimate of drug-likeness (QED) is 0.412. The van der Waals surface area contributed by atoms with Crippen molar-refractivity contribution in [2.75, 3.05) is 13.1 Å². The third-order valence-electron chi connectivity index (χ3n) is 6.40. The molecule has 2 amide bonds. The molecule has 4 rings (SSSR count). The van der Waals surface area contributed by atoms with E-state index in [4.69, 9.17) is 21.1 Å². The molecule has 0 radical (unpaired) electrons. The van der Waals surface area contributed by atoms with E-state index in [9.17, 15) is 23.5 Å². The number of amides is 2. The summed E-state index contributed by atoms with van der Waals surface area (Å²) in [6, 6.07) is 5.71. The fourth-order valence-corrected chi connectivity index (χ4v) is 4.96. The highest BCUT2D eigenvalue weighted by Crippen LogP contribution is 2.27. The lowest BCUT2D eigenvalue weighted by Gasteiger charge is -2.32. The van der Waals surface area contributed by atoms with E-state index in [0.717, 1.165) is 27.8 Å². The molecule has 2 heterocycles. The van der Waals surface area contributed by atoms with Crippen LogP contribution < -0.4 is 0 Å². The molecule has 0 saturated heterocycles. The third-order valence-corrected chi connectivity index (χ3v) is 6.69. The van der Waals surface area contributed by atoms with Gasteiger partial charge in [-0.2, -0.15) is 0 Å². The number of fused-ring (bicyclic) bond motifs is 2. The largest absolute Gasteiger partial charge is 0.444 e. The molecular weight excluding hydrogens is 542 g/mol. The number of alkyl halides is 1. The lowest BCUT2D eigenvalue weighted by molar-refractivity contribution is 0.0213. The van der Waals surface area contributed by atoms with Gasteiger partial charge in [-0.25, -0.2) is 18.4 Å². The van der Waals surface area contributed by atoms with Crippen molar-refractivity contribution in [1.82, 2.24) is 9.80 Å². The summed E-state index contributed by atoms with van der Waals surface area (Å²) in [6.07, 6.45) is 0.527. The van der Waals surface area contributed by atoms with Crippen LogP contribution in [0.1, 0.15) is 74.9 Å². The van der Waals surface area contributed by atoms with Crippen LogP contribution in [-0.4, -0.2) is 51.4 Å². The molecule has 2 aliphatic rings. The molecule has 0 aromatic heterocycles. The Balaban J connectivity index is 0.000000220. The number of halogens is 3. The van der Waals surface area contributed by atoms with Gasteiger partial charge in [0.25, 0.3) is 0 Å². The first-order valence-electron chi connectivity index (χ1n) is 13.3. The first-order chi connectivity index (χ1) is 18.6. The molecule has 7 nitrogen and oxygen atoms in total. The summed E-state index contributed by atoms with van der Waals surface area (Å²) in [6.45, 7) is 12.5. The van der Waals surface area contributed by atoms with Gasteiger partial charge in [-0.1, -0.05) is 0 Å². The molecule has 1 N–H and O–H groups in total. The average Bonchev–Trinajstić information content (AvgIpc) is 2.85. The van der Waals surface area contributed by atoms with Crippen LogP contribution in [0.3, 0.4) is 0 Å². The molecule has 2 aliphatic heterocycles. The number of benzene rings is 2. The SMILES string of the molecule is CC(C)(C)OC(=O)N1CCc2c(CCl)cc(F)cc2C1.CC(C)(C)OC(=O)N1CCc2c(CO)cc(F)cc2C1. The van der Waals surface area contributed by atoms with Gasteiger partial charge in [0.05, 0.1) is 6.61 Å². The van der Waals surface area contributed by atoms with E-state index in [1.807, 2.05) is 41.5 Å². The van der Waals surface area contributed by atoms with E-state index in [1.165, 1.54) is 24.3 Å². The van der Waals surface area contributed by atoms with Crippen molar-refractivity contribution in [1.29, 1.82) is 0 Å². The number of aliphatic hydroxyl groups is 1. The molecular formula is C30H39ClF2N2O5. The van der Waals surface area contributed by atoms with E-state index in [0.29, 0.717) is 44.6 Å². The maximum Gasteiger partial charge on any atom is 0.410 e. The van der Waals surface area contributed by atoms with Crippen molar-refractivity contribution in [3.8, 4) is 0 Å². The Labute approximate surface area is 240 Å². The van der Waals surface area contributed by atoms with Crippen LogP contribution in [0.25, 0.3) is 0 Å². The Morgan fingerprint density at radius 2 is 1.20 bits per heavy atom. The van der Waals surface area contributed by atoms with E-state index < -0.39 is 17.3 Å². The number of nitrogens with zero attached hydrogens (tertiary/aromatic N) is 2. The maximum atomic E-state index is 13.5. The predicted octanol–water partition coefficient (Wildman–Crippen LogP) is 6.47. The van der Waals surface area contributed by atoms with Crippen molar-refractivity contribution in [2.24, 2.45) is 0 Å². The summed E-state index contributed by atoms with van der Waals surface area (Å²) < 4.78 is 37.7. The van der Waals surface area contributed by atoms with E-state index in [-0.39, 0.29) is 30.2 Å². The fourth-order valence-electron chi connectivity index (χ4n) is 4.72. The summed E-state index contributed by atoms with van der Waals surface area (Å²) in [7, 11) is 0. The number of aliphatic hydroxyl groups excluding tert-OH is 1. The van der Waals surface area contributed by atoms with E-state index in [1.54, 1.807) is 9.80 Å². The lowest BCUT2D eigenvalue weighted by atomic mass is 9.95. The summed E-state index contributed by atoms with van der Waals surface area (Å²) in [5, 5.41) is 9.27. The fraction of sp³-hybridized carbons (Fsp3) is 0.533. The zero-order valence-electron chi connectivity index (χ0n) is 24.1. The molecule has 0 bridgehead atoms. The minimum Gasteiger partial charge on any atom is -0.444 e. The highest BCUT2D eigenvalue weighted by Gasteiger charge is 2.28. The Bertz CT molecular complexity index is 1140. The highest BCUT2D eigenvalue weighted by molar-refractivity contribution is 6.17. The summed E-state index contributed by atoms with van der Waals surface area (Å²) >= 11 is 5.85. The molecule has 0 saturated carbocycles.